The van der Waals surface area contributed by atoms with Crippen LogP contribution in [-0.4, -0.2) is 24.1 Å². The molecule has 4 heterocycles. The molecule has 62 heavy (non-hydrogen) atoms. The van der Waals surface area contributed by atoms with Gasteiger partial charge in [-0.05, 0) is 95.8 Å². The fourth-order valence-corrected chi connectivity index (χ4v) is 11.2. The molecule has 0 radical (unpaired) electrons. The lowest BCUT2D eigenvalue weighted by Gasteiger charge is -2.26. The largest absolute Gasteiger partial charge is 0.456 e. The highest BCUT2D eigenvalue weighted by molar-refractivity contribution is 6.12. The van der Waals surface area contributed by atoms with Crippen LogP contribution in [0.25, 0.3) is 111 Å². The molecule has 0 aliphatic heterocycles. The zero-order valence-electron chi connectivity index (χ0n) is 33.7. The molecule has 0 saturated heterocycles. The smallest absolute Gasteiger partial charge is 0.238 e. The Morgan fingerprint density at radius 3 is 1.77 bits per heavy atom. The van der Waals surface area contributed by atoms with Crippen LogP contribution >= 0.6 is 0 Å². The van der Waals surface area contributed by atoms with E-state index in [0.29, 0.717) is 17.6 Å². The molecule has 0 atom stereocenters. The van der Waals surface area contributed by atoms with Crippen molar-refractivity contribution in [2.24, 2.45) is 0 Å². The van der Waals surface area contributed by atoms with Crippen molar-refractivity contribution >= 4 is 65.6 Å². The summed E-state index contributed by atoms with van der Waals surface area (Å²) in [6.07, 6.45) is 4.90. The number of hydrogen-bond acceptors (Lipinski definition) is 4. The predicted octanol–water partition coefficient (Wildman–Crippen LogP) is 14.1. The van der Waals surface area contributed by atoms with Crippen molar-refractivity contribution in [3.05, 3.63) is 187 Å². The summed E-state index contributed by atoms with van der Waals surface area (Å²) in [4.78, 5) is 15.9. The van der Waals surface area contributed by atoms with Crippen molar-refractivity contribution in [2.45, 2.75) is 31.1 Å². The number of fused-ring (bicyclic) bond motifs is 14. The molecule has 6 heteroatoms. The van der Waals surface area contributed by atoms with Crippen LogP contribution in [0.5, 0.6) is 0 Å². The highest BCUT2D eigenvalue weighted by atomic mass is 16.3. The van der Waals surface area contributed by atoms with Crippen molar-refractivity contribution in [1.82, 2.24) is 24.1 Å². The molecule has 12 aromatic rings. The Labute approximate surface area is 356 Å². The molecule has 6 nitrogen and oxygen atoms in total. The van der Waals surface area contributed by atoms with Crippen LogP contribution in [0.4, 0.5) is 0 Å². The Morgan fingerprint density at radius 1 is 0.403 bits per heavy atom. The summed E-state index contributed by atoms with van der Waals surface area (Å²) in [6.45, 7) is 0. The minimum atomic E-state index is 0.0686. The van der Waals surface area contributed by atoms with Crippen LogP contribution in [0, 0.1) is 0 Å². The van der Waals surface area contributed by atoms with E-state index in [2.05, 4.69) is 167 Å². The van der Waals surface area contributed by atoms with Crippen molar-refractivity contribution in [3.8, 4) is 45.5 Å². The highest BCUT2D eigenvalue weighted by Gasteiger charge is 2.45. The second-order valence-electron chi connectivity index (χ2n) is 17.1. The Bertz CT molecular complexity index is 3790. The normalized spacial score (nSPS) is 14.3. The van der Waals surface area contributed by atoms with Crippen LogP contribution in [0.3, 0.4) is 0 Å². The van der Waals surface area contributed by atoms with E-state index < -0.39 is 0 Å². The first-order valence-corrected chi connectivity index (χ1v) is 21.6. The summed E-state index contributed by atoms with van der Waals surface area (Å²) in [5.74, 6) is 1.74. The number of para-hydroxylation sites is 4. The van der Waals surface area contributed by atoms with Gasteiger partial charge in [0.2, 0.25) is 5.95 Å². The Kier molecular flexibility index (Phi) is 6.90. The first kappa shape index (κ1) is 33.9. The molecule has 4 aromatic heterocycles. The van der Waals surface area contributed by atoms with Gasteiger partial charge in [-0.25, -0.2) is 4.98 Å². The number of hydrogen-bond donors (Lipinski definition) is 0. The van der Waals surface area contributed by atoms with Gasteiger partial charge in [-0.1, -0.05) is 128 Å². The SMILES string of the molecule is c1cc(-c2nc(-c3ccc4c(c3)oc3ccccc34)nc(-n3c4ccccc4c4ccccc43)n2)cc(-n2c3ccccc3c3cc4c(cc32)C2(CCCC2)c2ccccc2-4)c1. The third-order valence-corrected chi connectivity index (χ3v) is 13.9. The molecule has 292 valence electrons. The average Bonchev–Trinajstić information content (AvgIpc) is 4.16. The lowest BCUT2D eigenvalue weighted by molar-refractivity contribution is 0.550. The summed E-state index contributed by atoms with van der Waals surface area (Å²) < 4.78 is 11.0. The molecule has 0 N–H and O–H groups in total. The molecular weight excluding hydrogens is 759 g/mol. The standard InChI is InChI=1S/C56H37N5O/c1-6-21-45-37(16-1)43-32-44-40-19-4-7-22-47(40)60(50(44)33-46(43)56(45)28-11-12-29-56)36-15-13-14-34(30-36)53-57-54(35-26-27-42-41-20-5-10-25-51(41)62-52(42)31-35)59-55(58-53)61-48-23-8-2-17-38(48)39-18-3-9-24-49(39)61/h1-10,13-27,30-33H,11-12,28-29H2. The number of rotatable bonds is 4. The van der Waals surface area contributed by atoms with Gasteiger partial charge >= 0.3 is 0 Å². The third-order valence-electron chi connectivity index (χ3n) is 13.9. The molecule has 1 saturated carbocycles. The van der Waals surface area contributed by atoms with Gasteiger partial charge in [-0.2, -0.15) is 9.97 Å². The summed E-state index contributed by atoms with van der Waals surface area (Å²) in [5, 5.41) is 6.97. The van der Waals surface area contributed by atoms with Gasteiger partial charge in [-0.15, -0.1) is 0 Å². The topological polar surface area (TPSA) is 61.7 Å². The zero-order chi connectivity index (χ0) is 40.5. The second kappa shape index (κ2) is 12.6. The monoisotopic (exact) mass is 795 g/mol. The highest BCUT2D eigenvalue weighted by Crippen LogP contribution is 2.58. The molecule has 1 spiro atoms. The van der Waals surface area contributed by atoms with Crippen LogP contribution in [0.1, 0.15) is 36.8 Å². The molecule has 2 aliphatic rings. The van der Waals surface area contributed by atoms with Crippen molar-refractivity contribution < 1.29 is 4.42 Å². The molecule has 0 unspecified atom stereocenters. The van der Waals surface area contributed by atoms with Gasteiger partial charge < -0.3 is 8.98 Å². The molecule has 2 aliphatic carbocycles. The lowest BCUT2D eigenvalue weighted by Crippen LogP contribution is -2.20. The van der Waals surface area contributed by atoms with E-state index in [1.807, 2.05) is 18.2 Å². The first-order valence-electron chi connectivity index (χ1n) is 21.6. The Hall–Kier alpha value is -7.83. The maximum atomic E-state index is 6.37. The fraction of sp³-hybridized carbons (Fsp3) is 0.0893. The zero-order valence-corrected chi connectivity index (χ0v) is 33.7. The third kappa shape index (κ3) is 4.66. The van der Waals surface area contributed by atoms with Gasteiger partial charge in [0, 0.05) is 54.5 Å². The van der Waals surface area contributed by atoms with Gasteiger partial charge in [0.15, 0.2) is 11.6 Å². The number of furan rings is 1. The number of aromatic nitrogens is 5. The predicted molar refractivity (Wildman–Crippen MR) is 251 cm³/mol. The van der Waals surface area contributed by atoms with Crippen molar-refractivity contribution in [2.75, 3.05) is 0 Å². The van der Waals surface area contributed by atoms with E-state index >= 15 is 0 Å². The van der Waals surface area contributed by atoms with Crippen molar-refractivity contribution in [1.29, 1.82) is 0 Å². The van der Waals surface area contributed by atoms with E-state index in [1.54, 1.807) is 0 Å². The molecule has 8 aromatic carbocycles. The van der Waals surface area contributed by atoms with Crippen LogP contribution in [0.15, 0.2) is 180 Å². The van der Waals surface area contributed by atoms with Gasteiger partial charge in [0.25, 0.3) is 0 Å². The number of benzene rings is 8. The van der Waals surface area contributed by atoms with Gasteiger partial charge in [-0.3, -0.25) is 4.57 Å². The van der Waals surface area contributed by atoms with E-state index in [-0.39, 0.29) is 5.41 Å². The van der Waals surface area contributed by atoms with E-state index in [1.165, 1.54) is 69.7 Å². The van der Waals surface area contributed by atoms with E-state index in [0.717, 1.165) is 60.6 Å². The van der Waals surface area contributed by atoms with Crippen LogP contribution in [-0.2, 0) is 5.41 Å². The molecule has 14 rings (SSSR count). The van der Waals surface area contributed by atoms with Crippen molar-refractivity contribution in [3.63, 3.8) is 0 Å². The van der Waals surface area contributed by atoms with E-state index in [9.17, 15) is 0 Å². The summed E-state index contributed by atoms with van der Waals surface area (Å²) in [6, 6.07) is 63.1. The summed E-state index contributed by atoms with van der Waals surface area (Å²) in [5.41, 5.74) is 14.8. The van der Waals surface area contributed by atoms with Gasteiger partial charge in [0.1, 0.15) is 11.2 Å². The Balaban J connectivity index is 0.995. The second-order valence-corrected chi connectivity index (χ2v) is 17.1. The first-order chi connectivity index (χ1) is 30.7. The van der Waals surface area contributed by atoms with Crippen LogP contribution < -0.4 is 0 Å². The van der Waals surface area contributed by atoms with E-state index in [4.69, 9.17) is 19.4 Å². The van der Waals surface area contributed by atoms with Gasteiger partial charge in [0.05, 0.1) is 22.1 Å². The number of nitrogens with zero attached hydrogens (tertiary/aromatic N) is 5. The lowest BCUT2D eigenvalue weighted by atomic mass is 9.76. The molecule has 1 fully saturated rings. The molecule has 0 bridgehead atoms. The molecule has 0 amide bonds. The average molecular weight is 796 g/mol. The summed E-state index contributed by atoms with van der Waals surface area (Å²) >= 11 is 0. The summed E-state index contributed by atoms with van der Waals surface area (Å²) in [7, 11) is 0. The minimum absolute atomic E-state index is 0.0686. The minimum Gasteiger partial charge on any atom is -0.456 e. The van der Waals surface area contributed by atoms with Crippen LogP contribution in [0.2, 0.25) is 0 Å². The molecular formula is C56H37N5O. The Morgan fingerprint density at radius 2 is 1.02 bits per heavy atom. The fourth-order valence-electron chi connectivity index (χ4n) is 11.2. The maximum absolute atomic E-state index is 6.37. The maximum Gasteiger partial charge on any atom is 0.238 e. The quantitative estimate of drug-likeness (QED) is 0.178.